The van der Waals surface area contributed by atoms with Crippen molar-refractivity contribution in [3.63, 3.8) is 0 Å². The first-order chi connectivity index (χ1) is 15.0. The summed E-state index contributed by atoms with van der Waals surface area (Å²) in [6, 6.07) is 15.3. The molecule has 2 amide bonds. The monoisotopic (exact) mass is 456 g/mol. The van der Waals surface area contributed by atoms with Crippen LogP contribution in [0.1, 0.15) is 64.7 Å². The zero-order chi connectivity index (χ0) is 23.9. The summed E-state index contributed by atoms with van der Waals surface area (Å²) in [5, 5.41) is 3.54. The Balaban J connectivity index is 2.13. The van der Waals surface area contributed by atoms with Crippen molar-refractivity contribution in [1.29, 1.82) is 0 Å². The van der Waals surface area contributed by atoms with Crippen LogP contribution in [0.25, 0.3) is 0 Å². The lowest BCUT2D eigenvalue weighted by Gasteiger charge is -2.29. The Hall–Kier alpha value is -2.33. The molecule has 0 aliphatic heterocycles. The molecule has 0 unspecified atom stereocenters. The van der Waals surface area contributed by atoms with Gasteiger partial charge < -0.3 is 10.2 Å². The van der Waals surface area contributed by atoms with Crippen molar-refractivity contribution < 1.29 is 9.59 Å². The highest BCUT2D eigenvalue weighted by atomic mass is 35.5. The van der Waals surface area contributed by atoms with E-state index >= 15 is 0 Å². The first-order valence-electron chi connectivity index (χ1n) is 11.4. The second kappa shape index (κ2) is 11.5. The Morgan fingerprint density at radius 3 is 2.19 bits per heavy atom. The van der Waals surface area contributed by atoms with E-state index in [2.05, 4.69) is 50.4 Å². The van der Waals surface area contributed by atoms with Gasteiger partial charge in [0, 0.05) is 24.5 Å². The predicted molar refractivity (Wildman–Crippen MR) is 133 cm³/mol. The highest BCUT2D eigenvalue weighted by Gasteiger charge is 2.26. The maximum Gasteiger partial charge on any atom is 0.242 e. The maximum absolute atomic E-state index is 13.2. The lowest BCUT2D eigenvalue weighted by atomic mass is 9.86. The van der Waals surface area contributed by atoms with E-state index in [1.165, 1.54) is 5.56 Å². The van der Waals surface area contributed by atoms with Gasteiger partial charge in [0.05, 0.1) is 0 Å². The van der Waals surface area contributed by atoms with Gasteiger partial charge in [0.25, 0.3) is 0 Å². The first kappa shape index (κ1) is 25.9. The lowest BCUT2D eigenvalue weighted by molar-refractivity contribution is -0.140. The predicted octanol–water partition coefficient (Wildman–Crippen LogP) is 5.76. The molecule has 0 fully saturated rings. The summed E-state index contributed by atoms with van der Waals surface area (Å²) >= 11 is 6.35. The lowest BCUT2D eigenvalue weighted by Crippen LogP contribution is -2.48. The minimum atomic E-state index is -0.583. The molecule has 5 heteroatoms. The summed E-state index contributed by atoms with van der Waals surface area (Å²) in [6.45, 7) is 13.3. The molecule has 0 bridgehead atoms. The summed E-state index contributed by atoms with van der Waals surface area (Å²) in [5.74, 6) is 0.139. The van der Waals surface area contributed by atoms with Crippen LogP contribution in [0.5, 0.6) is 0 Å². The van der Waals surface area contributed by atoms with Crippen LogP contribution < -0.4 is 5.32 Å². The van der Waals surface area contributed by atoms with Gasteiger partial charge in [-0.15, -0.1) is 0 Å². The molecule has 174 valence electrons. The third-order valence-corrected chi connectivity index (χ3v) is 5.97. The maximum atomic E-state index is 13.2. The third-order valence-electron chi connectivity index (χ3n) is 5.60. The summed E-state index contributed by atoms with van der Waals surface area (Å²) in [4.78, 5) is 27.6. The normalized spacial score (nSPS) is 12.5. The molecule has 2 aromatic rings. The average molecular weight is 457 g/mol. The minimum absolute atomic E-state index is 0.0583. The largest absolute Gasteiger partial charge is 0.354 e. The van der Waals surface area contributed by atoms with E-state index in [9.17, 15) is 9.59 Å². The number of carbonyl (C=O) groups excluding carboxylic acids is 2. The number of hydrogen-bond donors (Lipinski definition) is 1. The molecule has 0 aliphatic rings. The van der Waals surface area contributed by atoms with Crippen LogP contribution in [0, 0.1) is 5.92 Å². The number of halogens is 1. The number of nitrogens with zero attached hydrogens (tertiary/aromatic N) is 1. The molecule has 0 heterocycles. The van der Waals surface area contributed by atoms with Crippen LogP contribution in [0.3, 0.4) is 0 Å². The number of aryl methyl sites for hydroxylation is 1. The second-order valence-corrected chi connectivity index (χ2v) is 10.3. The van der Waals surface area contributed by atoms with E-state index in [-0.39, 0.29) is 17.2 Å². The van der Waals surface area contributed by atoms with Crippen LogP contribution in [-0.4, -0.2) is 29.3 Å². The number of carbonyl (C=O) groups is 2. The molecule has 4 nitrogen and oxygen atoms in total. The third kappa shape index (κ3) is 7.67. The van der Waals surface area contributed by atoms with Gasteiger partial charge in [-0.3, -0.25) is 9.59 Å². The molecule has 0 aliphatic carbocycles. The summed E-state index contributed by atoms with van der Waals surface area (Å²) in [6.07, 6.45) is 0.962. The van der Waals surface area contributed by atoms with Crippen LogP contribution in [0.4, 0.5) is 0 Å². The summed E-state index contributed by atoms with van der Waals surface area (Å²) < 4.78 is 0. The van der Waals surface area contributed by atoms with Crippen molar-refractivity contribution in [3.05, 3.63) is 70.2 Å². The van der Waals surface area contributed by atoms with Crippen LogP contribution >= 0.6 is 11.6 Å². The smallest absolute Gasteiger partial charge is 0.242 e. The number of rotatable bonds is 9. The van der Waals surface area contributed by atoms with E-state index in [0.29, 0.717) is 36.9 Å². The average Bonchev–Trinajstić information content (AvgIpc) is 2.74. The Morgan fingerprint density at radius 1 is 1.00 bits per heavy atom. The summed E-state index contributed by atoms with van der Waals surface area (Å²) in [7, 11) is 0. The van der Waals surface area contributed by atoms with Crippen molar-refractivity contribution in [2.45, 2.75) is 72.4 Å². The topological polar surface area (TPSA) is 49.4 Å². The molecule has 0 radical (unpaired) electrons. The molecule has 0 saturated heterocycles. The molecule has 1 N–H and O–H groups in total. The first-order valence-corrected chi connectivity index (χ1v) is 11.8. The van der Waals surface area contributed by atoms with Gasteiger partial charge in [0.2, 0.25) is 11.8 Å². The van der Waals surface area contributed by atoms with Gasteiger partial charge in [-0.25, -0.2) is 0 Å². The van der Waals surface area contributed by atoms with Crippen molar-refractivity contribution in [1.82, 2.24) is 10.2 Å². The molecule has 0 spiro atoms. The molecule has 2 rings (SSSR count). The van der Waals surface area contributed by atoms with E-state index in [4.69, 9.17) is 11.6 Å². The van der Waals surface area contributed by atoms with Crippen molar-refractivity contribution in [3.8, 4) is 0 Å². The van der Waals surface area contributed by atoms with Crippen molar-refractivity contribution in [2.24, 2.45) is 5.92 Å². The van der Waals surface area contributed by atoms with Gasteiger partial charge in [-0.1, -0.05) is 88.7 Å². The van der Waals surface area contributed by atoms with Gasteiger partial charge in [0.15, 0.2) is 0 Å². The Morgan fingerprint density at radius 2 is 1.62 bits per heavy atom. The van der Waals surface area contributed by atoms with E-state index in [1.54, 1.807) is 17.9 Å². The highest BCUT2D eigenvalue weighted by Crippen LogP contribution is 2.23. The van der Waals surface area contributed by atoms with E-state index < -0.39 is 6.04 Å². The number of nitrogens with one attached hydrogen (secondary N) is 1. The molecular formula is C27H37ClN2O2. The number of hydrogen-bond acceptors (Lipinski definition) is 2. The highest BCUT2D eigenvalue weighted by molar-refractivity contribution is 6.31. The fourth-order valence-corrected chi connectivity index (χ4v) is 3.61. The zero-order valence-electron chi connectivity index (χ0n) is 20.2. The minimum Gasteiger partial charge on any atom is -0.354 e. The Kier molecular flexibility index (Phi) is 9.33. The zero-order valence-corrected chi connectivity index (χ0v) is 21.0. The summed E-state index contributed by atoms with van der Waals surface area (Å²) in [5.41, 5.74) is 3.31. The van der Waals surface area contributed by atoms with Gasteiger partial charge in [0.1, 0.15) is 6.04 Å². The van der Waals surface area contributed by atoms with Crippen molar-refractivity contribution in [2.75, 3.05) is 6.54 Å². The standard InChI is InChI=1S/C27H37ClN2O2/c1-19(2)17-29-26(32)20(3)30(18-22-9-7-8-10-24(22)28)25(31)16-13-21-11-14-23(15-12-21)27(4,5)6/h7-12,14-15,19-20H,13,16-18H2,1-6H3,(H,29,32)/t20-/m0/s1. The SMILES string of the molecule is CC(C)CNC(=O)[C@H](C)N(Cc1ccccc1Cl)C(=O)CCc1ccc(C(C)(C)C)cc1. The van der Waals surface area contributed by atoms with Gasteiger partial charge in [-0.05, 0) is 47.4 Å². The second-order valence-electron chi connectivity index (χ2n) is 9.87. The fourth-order valence-electron chi connectivity index (χ4n) is 3.41. The van der Waals surface area contributed by atoms with Gasteiger partial charge in [-0.2, -0.15) is 0 Å². The Labute approximate surface area is 198 Å². The van der Waals surface area contributed by atoms with Crippen LogP contribution in [0.15, 0.2) is 48.5 Å². The number of amides is 2. The van der Waals surface area contributed by atoms with Crippen LogP contribution in [0.2, 0.25) is 5.02 Å². The van der Waals surface area contributed by atoms with E-state index in [0.717, 1.165) is 11.1 Å². The van der Waals surface area contributed by atoms with Crippen molar-refractivity contribution >= 4 is 23.4 Å². The number of benzene rings is 2. The van der Waals surface area contributed by atoms with Gasteiger partial charge >= 0.3 is 0 Å². The van der Waals surface area contributed by atoms with Crippen LogP contribution in [-0.2, 0) is 28.0 Å². The molecule has 0 saturated carbocycles. The quantitative estimate of drug-likeness (QED) is 0.521. The van der Waals surface area contributed by atoms with E-state index in [1.807, 2.05) is 32.0 Å². The molecular weight excluding hydrogens is 420 g/mol. The Bertz CT molecular complexity index is 901. The molecule has 1 atom stereocenters. The fraction of sp³-hybridized carbons (Fsp3) is 0.481. The molecule has 2 aromatic carbocycles. The molecule has 32 heavy (non-hydrogen) atoms. The molecule has 0 aromatic heterocycles.